The van der Waals surface area contributed by atoms with Crippen molar-refractivity contribution in [2.45, 2.75) is 12.5 Å². The SMILES string of the molecule is COc1cc(CCl)ccc1OCc1cn(C)nn1. The van der Waals surface area contributed by atoms with Gasteiger partial charge in [-0.1, -0.05) is 11.3 Å². The maximum absolute atomic E-state index is 5.77. The van der Waals surface area contributed by atoms with Crippen LogP contribution in [0.25, 0.3) is 0 Å². The third-order valence-electron chi connectivity index (χ3n) is 2.41. The molecule has 0 N–H and O–H groups in total. The zero-order valence-corrected chi connectivity index (χ0v) is 11.0. The van der Waals surface area contributed by atoms with Crippen LogP contribution in [0.1, 0.15) is 11.3 Å². The second-order valence-corrected chi connectivity index (χ2v) is 4.06. The molecule has 0 aliphatic rings. The molecule has 18 heavy (non-hydrogen) atoms. The van der Waals surface area contributed by atoms with E-state index in [-0.39, 0.29) is 0 Å². The van der Waals surface area contributed by atoms with E-state index in [1.807, 2.05) is 25.2 Å². The topological polar surface area (TPSA) is 49.2 Å². The highest BCUT2D eigenvalue weighted by Gasteiger charge is 2.07. The van der Waals surface area contributed by atoms with E-state index in [4.69, 9.17) is 21.1 Å². The fraction of sp³-hybridized carbons (Fsp3) is 0.333. The number of alkyl halides is 1. The van der Waals surface area contributed by atoms with Gasteiger partial charge in [0.25, 0.3) is 0 Å². The van der Waals surface area contributed by atoms with Gasteiger partial charge in [-0.15, -0.1) is 16.7 Å². The zero-order chi connectivity index (χ0) is 13.0. The molecule has 0 spiro atoms. The molecule has 0 amide bonds. The van der Waals surface area contributed by atoms with Crippen molar-refractivity contribution >= 4 is 11.6 Å². The van der Waals surface area contributed by atoms with Gasteiger partial charge in [0.05, 0.1) is 13.3 Å². The highest BCUT2D eigenvalue weighted by molar-refractivity contribution is 6.17. The predicted molar refractivity (Wildman–Crippen MR) is 67.9 cm³/mol. The van der Waals surface area contributed by atoms with Crippen molar-refractivity contribution < 1.29 is 9.47 Å². The van der Waals surface area contributed by atoms with Crippen LogP contribution < -0.4 is 9.47 Å². The lowest BCUT2D eigenvalue weighted by Crippen LogP contribution is -1.98. The van der Waals surface area contributed by atoms with Crippen molar-refractivity contribution in [3.05, 3.63) is 35.7 Å². The molecule has 0 saturated heterocycles. The molecule has 2 aromatic rings. The average molecular weight is 268 g/mol. The fourth-order valence-electron chi connectivity index (χ4n) is 1.53. The lowest BCUT2D eigenvalue weighted by Gasteiger charge is -2.10. The van der Waals surface area contributed by atoms with Gasteiger partial charge in [-0.2, -0.15) is 0 Å². The van der Waals surface area contributed by atoms with Gasteiger partial charge in [0.1, 0.15) is 12.3 Å². The Morgan fingerprint density at radius 1 is 1.33 bits per heavy atom. The van der Waals surface area contributed by atoms with Crippen LogP contribution in [0.3, 0.4) is 0 Å². The van der Waals surface area contributed by atoms with E-state index in [0.29, 0.717) is 24.0 Å². The number of rotatable bonds is 5. The van der Waals surface area contributed by atoms with E-state index in [1.54, 1.807) is 18.0 Å². The number of hydrogen-bond acceptors (Lipinski definition) is 4. The van der Waals surface area contributed by atoms with Gasteiger partial charge in [0.15, 0.2) is 11.5 Å². The summed E-state index contributed by atoms with van der Waals surface area (Å²) in [7, 11) is 3.41. The Bertz CT molecular complexity index is 528. The molecule has 0 unspecified atom stereocenters. The summed E-state index contributed by atoms with van der Waals surface area (Å²) in [5.41, 5.74) is 1.75. The molecule has 1 aromatic carbocycles. The van der Waals surface area contributed by atoms with Crippen LogP contribution in [-0.2, 0) is 19.5 Å². The minimum absolute atomic E-state index is 0.352. The van der Waals surface area contributed by atoms with E-state index < -0.39 is 0 Å². The first-order chi connectivity index (χ1) is 8.72. The van der Waals surface area contributed by atoms with Crippen molar-refractivity contribution in [2.75, 3.05) is 7.11 Å². The van der Waals surface area contributed by atoms with Crippen LogP contribution in [0.4, 0.5) is 0 Å². The molecule has 0 radical (unpaired) electrons. The van der Waals surface area contributed by atoms with Gasteiger partial charge in [-0.3, -0.25) is 4.68 Å². The van der Waals surface area contributed by atoms with Crippen LogP contribution in [0.2, 0.25) is 0 Å². The van der Waals surface area contributed by atoms with Crippen LogP contribution in [0.15, 0.2) is 24.4 Å². The Morgan fingerprint density at radius 2 is 2.17 bits per heavy atom. The van der Waals surface area contributed by atoms with Gasteiger partial charge in [-0.25, -0.2) is 0 Å². The van der Waals surface area contributed by atoms with Crippen molar-refractivity contribution in [1.82, 2.24) is 15.0 Å². The summed E-state index contributed by atoms with van der Waals surface area (Å²) in [5, 5.41) is 7.78. The smallest absolute Gasteiger partial charge is 0.161 e. The van der Waals surface area contributed by atoms with E-state index in [0.717, 1.165) is 11.3 Å². The number of ether oxygens (including phenoxy) is 2. The molecular weight excluding hydrogens is 254 g/mol. The van der Waals surface area contributed by atoms with Crippen LogP contribution in [0.5, 0.6) is 11.5 Å². The number of benzene rings is 1. The van der Waals surface area contributed by atoms with Gasteiger partial charge in [-0.05, 0) is 17.7 Å². The van der Waals surface area contributed by atoms with E-state index in [2.05, 4.69) is 10.3 Å². The normalized spacial score (nSPS) is 10.4. The molecule has 0 aliphatic carbocycles. The summed E-state index contributed by atoms with van der Waals surface area (Å²) in [6.45, 7) is 0.352. The maximum atomic E-state index is 5.77. The summed E-state index contributed by atoms with van der Waals surface area (Å²) < 4.78 is 12.5. The number of aromatic nitrogens is 3. The van der Waals surface area contributed by atoms with Gasteiger partial charge < -0.3 is 9.47 Å². The molecule has 6 heteroatoms. The van der Waals surface area contributed by atoms with Crippen LogP contribution >= 0.6 is 11.6 Å². The first kappa shape index (κ1) is 12.7. The first-order valence-electron chi connectivity index (χ1n) is 5.44. The number of halogens is 1. The number of aryl methyl sites for hydroxylation is 1. The summed E-state index contributed by atoms with van der Waals surface area (Å²) in [4.78, 5) is 0. The van der Waals surface area contributed by atoms with Gasteiger partial charge >= 0.3 is 0 Å². The molecule has 5 nitrogen and oxygen atoms in total. The summed E-state index contributed by atoms with van der Waals surface area (Å²) in [6, 6.07) is 5.60. The minimum Gasteiger partial charge on any atom is -0.493 e. The Kier molecular flexibility index (Phi) is 4.04. The minimum atomic E-state index is 0.352. The summed E-state index contributed by atoms with van der Waals surface area (Å²) >= 11 is 5.77. The molecule has 0 aliphatic heterocycles. The maximum Gasteiger partial charge on any atom is 0.161 e. The lowest BCUT2D eigenvalue weighted by atomic mass is 10.2. The molecule has 0 bridgehead atoms. The van der Waals surface area contributed by atoms with Crippen molar-refractivity contribution in [3.8, 4) is 11.5 Å². The quantitative estimate of drug-likeness (QED) is 0.779. The number of methoxy groups -OCH3 is 1. The molecule has 2 rings (SSSR count). The van der Waals surface area contributed by atoms with E-state index >= 15 is 0 Å². The molecule has 0 atom stereocenters. The molecule has 96 valence electrons. The van der Waals surface area contributed by atoms with Crippen LogP contribution in [-0.4, -0.2) is 22.1 Å². The molecular formula is C12H14ClN3O2. The monoisotopic (exact) mass is 267 g/mol. The number of hydrogen-bond donors (Lipinski definition) is 0. The van der Waals surface area contributed by atoms with E-state index in [1.165, 1.54) is 0 Å². The molecule has 0 fully saturated rings. The largest absolute Gasteiger partial charge is 0.493 e. The fourth-order valence-corrected chi connectivity index (χ4v) is 1.69. The third kappa shape index (κ3) is 2.92. The molecule has 1 aromatic heterocycles. The Hall–Kier alpha value is -1.75. The van der Waals surface area contributed by atoms with Crippen molar-refractivity contribution in [3.63, 3.8) is 0 Å². The second kappa shape index (κ2) is 5.73. The van der Waals surface area contributed by atoms with Crippen molar-refractivity contribution in [1.29, 1.82) is 0 Å². The average Bonchev–Trinajstić information content (AvgIpc) is 2.82. The first-order valence-corrected chi connectivity index (χ1v) is 5.97. The Balaban J connectivity index is 2.08. The Morgan fingerprint density at radius 3 is 2.78 bits per heavy atom. The molecule has 0 saturated carbocycles. The second-order valence-electron chi connectivity index (χ2n) is 3.79. The molecule has 1 heterocycles. The zero-order valence-electron chi connectivity index (χ0n) is 10.3. The van der Waals surface area contributed by atoms with Gasteiger partial charge in [0, 0.05) is 12.9 Å². The Labute approximate surface area is 110 Å². The van der Waals surface area contributed by atoms with Crippen LogP contribution in [0, 0.1) is 0 Å². The van der Waals surface area contributed by atoms with Gasteiger partial charge in [0.2, 0.25) is 0 Å². The highest BCUT2D eigenvalue weighted by Crippen LogP contribution is 2.29. The third-order valence-corrected chi connectivity index (χ3v) is 2.72. The van der Waals surface area contributed by atoms with Crippen molar-refractivity contribution in [2.24, 2.45) is 7.05 Å². The number of nitrogens with zero attached hydrogens (tertiary/aromatic N) is 3. The highest BCUT2D eigenvalue weighted by atomic mass is 35.5. The summed E-state index contributed by atoms with van der Waals surface area (Å²) in [5.74, 6) is 1.77. The lowest BCUT2D eigenvalue weighted by molar-refractivity contribution is 0.280. The summed E-state index contributed by atoms with van der Waals surface area (Å²) in [6.07, 6.45) is 1.81. The van der Waals surface area contributed by atoms with E-state index in [9.17, 15) is 0 Å². The predicted octanol–water partition coefficient (Wildman–Crippen LogP) is 2.14. The standard InChI is InChI=1S/C12H14ClN3O2/c1-16-7-10(14-15-16)8-18-11-4-3-9(6-13)5-12(11)17-2/h3-5,7H,6,8H2,1-2H3.